The van der Waals surface area contributed by atoms with Gasteiger partial charge in [0.1, 0.15) is 0 Å². The minimum absolute atomic E-state index is 0.00895. The molecule has 0 amide bonds. The molecule has 0 unspecified atom stereocenters. The summed E-state index contributed by atoms with van der Waals surface area (Å²) in [4.78, 5) is 25.6. The summed E-state index contributed by atoms with van der Waals surface area (Å²) >= 11 is 0. The van der Waals surface area contributed by atoms with Crippen LogP contribution in [0.3, 0.4) is 0 Å². The highest BCUT2D eigenvalue weighted by Gasteiger charge is 2.54. The van der Waals surface area contributed by atoms with Crippen LogP contribution in [0.4, 0.5) is 0 Å². The molecule has 0 N–H and O–H groups in total. The molecule has 0 heterocycles. The van der Waals surface area contributed by atoms with Crippen LogP contribution in [-0.4, -0.2) is 11.6 Å². The molecule has 22 heavy (non-hydrogen) atoms. The Morgan fingerprint density at radius 3 is 1.95 bits per heavy atom. The zero-order chi connectivity index (χ0) is 14.9. The molecule has 0 aromatic heterocycles. The molecule has 112 valence electrons. The molecule has 4 fully saturated rings. The number of fused-ring (bicyclic) bond motifs is 1. The zero-order valence-electron chi connectivity index (χ0n) is 12.7. The maximum absolute atomic E-state index is 13.1. The predicted molar refractivity (Wildman–Crippen MR) is 83.8 cm³/mol. The van der Waals surface area contributed by atoms with Crippen molar-refractivity contribution in [1.29, 1.82) is 0 Å². The van der Waals surface area contributed by atoms with Crippen LogP contribution in [-0.2, 0) is 0 Å². The summed E-state index contributed by atoms with van der Waals surface area (Å²) in [6, 6.07) is 7.31. The van der Waals surface area contributed by atoms with Crippen molar-refractivity contribution in [1.82, 2.24) is 0 Å². The molecule has 1 aromatic rings. The fraction of sp³-hybridized carbons (Fsp3) is 0.500. The monoisotopic (exact) mass is 292 g/mol. The van der Waals surface area contributed by atoms with E-state index in [1.807, 2.05) is 18.2 Å². The lowest BCUT2D eigenvalue weighted by molar-refractivity contribution is -0.0299. The van der Waals surface area contributed by atoms with Crippen LogP contribution in [0.25, 0.3) is 0 Å². The van der Waals surface area contributed by atoms with Gasteiger partial charge in [-0.3, -0.25) is 9.59 Å². The van der Waals surface area contributed by atoms with E-state index in [-0.39, 0.29) is 17.0 Å². The van der Waals surface area contributed by atoms with E-state index in [1.54, 1.807) is 12.1 Å². The molecule has 0 spiro atoms. The van der Waals surface area contributed by atoms with E-state index in [2.05, 4.69) is 0 Å². The molecular weight excluding hydrogens is 272 g/mol. The second-order valence-corrected chi connectivity index (χ2v) is 7.99. The predicted octanol–water partition coefficient (Wildman–Crippen LogP) is 4.21. The molecule has 4 bridgehead atoms. The summed E-state index contributed by atoms with van der Waals surface area (Å²) in [6.45, 7) is 0. The topological polar surface area (TPSA) is 34.1 Å². The molecule has 0 aliphatic heterocycles. The van der Waals surface area contributed by atoms with E-state index in [1.165, 1.54) is 19.3 Å². The van der Waals surface area contributed by atoms with Crippen molar-refractivity contribution < 1.29 is 9.59 Å². The molecule has 4 saturated carbocycles. The maximum Gasteiger partial charge on any atom is 0.190 e. The van der Waals surface area contributed by atoms with Crippen LogP contribution in [0.1, 0.15) is 59.2 Å². The van der Waals surface area contributed by atoms with Crippen LogP contribution in [0.5, 0.6) is 0 Å². The lowest BCUT2D eigenvalue weighted by Crippen LogP contribution is -2.48. The van der Waals surface area contributed by atoms with Gasteiger partial charge in [0.15, 0.2) is 11.6 Å². The number of hydrogen-bond donors (Lipinski definition) is 0. The van der Waals surface area contributed by atoms with Crippen LogP contribution < -0.4 is 0 Å². The first-order valence-electron chi connectivity index (χ1n) is 8.55. The molecule has 5 aliphatic carbocycles. The molecule has 6 rings (SSSR count). The van der Waals surface area contributed by atoms with Crippen molar-refractivity contribution in [2.24, 2.45) is 23.2 Å². The largest absolute Gasteiger partial charge is 0.289 e. The fourth-order valence-corrected chi connectivity index (χ4v) is 6.15. The Hall–Kier alpha value is -1.70. The summed E-state index contributed by atoms with van der Waals surface area (Å²) < 4.78 is 0. The van der Waals surface area contributed by atoms with Gasteiger partial charge < -0.3 is 0 Å². The van der Waals surface area contributed by atoms with Crippen molar-refractivity contribution in [2.75, 3.05) is 0 Å². The Morgan fingerprint density at radius 2 is 1.36 bits per heavy atom. The van der Waals surface area contributed by atoms with Gasteiger partial charge in [0.25, 0.3) is 0 Å². The number of rotatable bonds is 1. The van der Waals surface area contributed by atoms with E-state index >= 15 is 0 Å². The van der Waals surface area contributed by atoms with E-state index < -0.39 is 0 Å². The van der Waals surface area contributed by atoms with E-state index in [4.69, 9.17) is 0 Å². The molecule has 0 saturated heterocycles. The quantitative estimate of drug-likeness (QED) is 0.777. The van der Waals surface area contributed by atoms with Crippen LogP contribution in [0.15, 0.2) is 35.9 Å². The molecule has 1 aromatic carbocycles. The van der Waals surface area contributed by atoms with Crippen molar-refractivity contribution in [3.63, 3.8) is 0 Å². The van der Waals surface area contributed by atoms with Gasteiger partial charge in [-0.25, -0.2) is 0 Å². The number of carbonyl (C=O) groups is 2. The normalized spacial score (nSPS) is 38.9. The SMILES string of the molecule is O=C1C=C(C23CC4CC(CC(C4)C2)C3)C(=O)c2ccccc21. The van der Waals surface area contributed by atoms with E-state index in [0.29, 0.717) is 11.1 Å². The minimum Gasteiger partial charge on any atom is -0.289 e. The molecule has 0 atom stereocenters. The first-order chi connectivity index (χ1) is 10.6. The Bertz CT molecular complexity index is 690. The second kappa shape index (κ2) is 4.18. The molecule has 5 aliphatic rings. The number of ketones is 2. The van der Waals surface area contributed by atoms with Crippen LogP contribution in [0, 0.1) is 23.2 Å². The number of Topliss-reactive ketones (excluding diaryl/α,β-unsaturated/α-hetero) is 1. The summed E-state index contributed by atoms with van der Waals surface area (Å²) in [7, 11) is 0. The lowest BCUT2D eigenvalue weighted by Gasteiger charge is -2.57. The number of benzene rings is 1. The highest BCUT2D eigenvalue weighted by molar-refractivity contribution is 6.25. The molecule has 2 heteroatoms. The van der Waals surface area contributed by atoms with Crippen LogP contribution >= 0.6 is 0 Å². The van der Waals surface area contributed by atoms with Gasteiger partial charge in [-0.15, -0.1) is 0 Å². The number of allylic oxidation sites excluding steroid dienone is 2. The van der Waals surface area contributed by atoms with Gasteiger partial charge in [0.2, 0.25) is 0 Å². The van der Waals surface area contributed by atoms with Crippen molar-refractivity contribution in [3.05, 3.63) is 47.0 Å². The smallest absolute Gasteiger partial charge is 0.190 e. The van der Waals surface area contributed by atoms with Crippen LogP contribution in [0.2, 0.25) is 0 Å². The van der Waals surface area contributed by atoms with Gasteiger partial charge in [-0.1, -0.05) is 24.3 Å². The maximum atomic E-state index is 13.1. The Kier molecular flexibility index (Phi) is 2.44. The Morgan fingerprint density at radius 1 is 0.818 bits per heavy atom. The van der Waals surface area contributed by atoms with Gasteiger partial charge >= 0.3 is 0 Å². The zero-order valence-corrected chi connectivity index (χ0v) is 12.7. The molecular formula is C20H20O2. The van der Waals surface area contributed by atoms with Crippen molar-refractivity contribution >= 4 is 11.6 Å². The van der Waals surface area contributed by atoms with Gasteiger partial charge in [-0.2, -0.15) is 0 Å². The third-order valence-corrected chi connectivity index (χ3v) is 6.57. The molecule has 0 radical (unpaired) electrons. The highest BCUT2D eigenvalue weighted by Crippen LogP contribution is 2.63. The third kappa shape index (κ3) is 1.61. The highest BCUT2D eigenvalue weighted by atomic mass is 16.1. The first-order valence-corrected chi connectivity index (χ1v) is 8.55. The Labute approximate surface area is 130 Å². The van der Waals surface area contributed by atoms with E-state index in [0.717, 1.165) is 42.6 Å². The summed E-state index contributed by atoms with van der Waals surface area (Å²) in [5.41, 5.74) is 2.06. The number of carbonyl (C=O) groups excluding carboxylic acids is 2. The van der Waals surface area contributed by atoms with Gasteiger partial charge in [-0.05, 0) is 62.4 Å². The molecule has 2 nitrogen and oxygen atoms in total. The van der Waals surface area contributed by atoms with Gasteiger partial charge in [0.05, 0.1) is 0 Å². The van der Waals surface area contributed by atoms with Crippen molar-refractivity contribution in [3.8, 4) is 0 Å². The minimum atomic E-state index is 0.00895. The van der Waals surface area contributed by atoms with E-state index in [9.17, 15) is 9.59 Å². The first kappa shape index (κ1) is 12.8. The van der Waals surface area contributed by atoms with Crippen molar-refractivity contribution in [2.45, 2.75) is 38.5 Å². The summed E-state index contributed by atoms with van der Waals surface area (Å²) in [5.74, 6) is 2.50. The fourth-order valence-electron chi connectivity index (χ4n) is 6.15. The summed E-state index contributed by atoms with van der Waals surface area (Å²) in [6.07, 6.45) is 9.14. The number of hydrogen-bond acceptors (Lipinski definition) is 2. The standard InChI is InChI=1S/C20H20O2/c21-18-8-17(19(22)16-4-2-1-3-15(16)18)20-9-12-5-13(10-20)7-14(6-12)11-20/h1-4,8,12-14H,5-7,9-11H2. The van der Waals surface area contributed by atoms with Gasteiger partial charge in [0, 0.05) is 22.1 Å². The second-order valence-electron chi connectivity index (χ2n) is 7.99. The average molecular weight is 292 g/mol. The Balaban J connectivity index is 1.62. The average Bonchev–Trinajstić information content (AvgIpc) is 2.49. The summed E-state index contributed by atoms with van der Waals surface area (Å²) in [5, 5.41) is 0. The third-order valence-electron chi connectivity index (χ3n) is 6.57. The lowest BCUT2D eigenvalue weighted by atomic mass is 9.47.